The number of esters is 1. The lowest BCUT2D eigenvalue weighted by Crippen LogP contribution is -2.55. The van der Waals surface area contributed by atoms with Crippen LogP contribution in [0.3, 0.4) is 0 Å². The summed E-state index contributed by atoms with van der Waals surface area (Å²) in [6.45, 7) is 0. The van der Waals surface area contributed by atoms with Crippen molar-refractivity contribution in [2.24, 2.45) is 23.2 Å². The van der Waals surface area contributed by atoms with Crippen molar-refractivity contribution in [3.8, 4) is 6.07 Å². The number of rotatable bonds is 5. The van der Waals surface area contributed by atoms with Crippen molar-refractivity contribution in [1.29, 1.82) is 5.26 Å². The minimum atomic E-state index is -4.01. The van der Waals surface area contributed by atoms with Crippen molar-refractivity contribution in [3.63, 3.8) is 0 Å². The highest BCUT2D eigenvalue weighted by Gasteiger charge is 2.58. The molecule has 0 spiro atoms. The van der Waals surface area contributed by atoms with E-state index in [0.717, 1.165) is 19.3 Å². The molecular formula is C13H14F2NO5S-. The van der Waals surface area contributed by atoms with E-state index in [4.69, 9.17) is 4.74 Å². The third-order valence-electron chi connectivity index (χ3n) is 5.07. The van der Waals surface area contributed by atoms with Gasteiger partial charge in [0.05, 0.1) is 11.5 Å². The fourth-order valence-corrected chi connectivity index (χ4v) is 4.82. The molecule has 0 N–H and O–H groups in total. The van der Waals surface area contributed by atoms with Gasteiger partial charge >= 0.3 is 11.2 Å². The first kappa shape index (κ1) is 15.9. The number of ether oxygens (including phenoxy) is 1. The summed E-state index contributed by atoms with van der Waals surface area (Å²) in [7, 11) is 0. The summed E-state index contributed by atoms with van der Waals surface area (Å²) < 4.78 is 35.5. The number of carbonyl (C=O) groups excluding carboxylic acids is 1. The highest BCUT2D eigenvalue weighted by atomic mass is 32.2. The van der Waals surface area contributed by atoms with Gasteiger partial charge in [0.25, 0.3) is 0 Å². The van der Waals surface area contributed by atoms with Crippen LogP contribution in [0.1, 0.15) is 32.1 Å². The van der Waals surface area contributed by atoms with Gasteiger partial charge in [-0.3, -0.25) is 5.04 Å². The quantitative estimate of drug-likeness (QED) is 0.327. The molecule has 0 aromatic rings. The van der Waals surface area contributed by atoms with Crippen molar-refractivity contribution < 1.29 is 32.9 Å². The van der Waals surface area contributed by atoms with Gasteiger partial charge in [-0.15, -0.1) is 0 Å². The van der Waals surface area contributed by atoms with Gasteiger partial charge < -0.3 is 9.99 Å². The van der Waals surface area contributed by atoms with Gasteiger partial charge in [-0.25, -0.2) is 4.79 Å². The maximum absolute atomic E-state index is 13.5. The third kappa shape index (κ3) is 2.69. The Morgan fingerprint density at radius 1 is 1.32 bits per heavy atom. The molecule has 0 saturated heterocycles. The molecule has 4 bridgehead atoms. The van der Waals surface area contributed by atoms with Crippen molar-refractivity contribution in [3.05, 3.63) is 0 Å². The normalized spacial score (nSPS) is 39.5. The molecule has 0 aliphatic heterocycles. The van der Waals surface area contributed by atoms with Crippen LogP contribution in [0.15, 0.2) is 0 Å². The molecule has 22 heavy (non-hydrogen) atoms. The van der Waals surface area contributed by atoms with Crippen LogP contribution >= 0.6 is 12.0 Å². The summed E-state index contributed by atoms with van der Waals surface area (Å²) in [5.74, 6) is -1.42. The smallest absolute Gasteiger partial charge is 0.415 e. The lowest BCUT2D eigenvalue weighted by Gasteiger charge is -2.56. The van der Waals surface area contributed by atoms with E-state index >= 15 is 0 Å². The largest absolute Gasteiger partial charge is 0.691 e. The Hall–Kier alpha value is -0.950. The molecule has 4 aliphatic rings. The molecule has 0 amide bonds. The zero-order valence-electron chi connectivity index (χ0n) is 11.5. The van der Waals surface area contributed by atoms with Crippen LogP contribution in [0.25, 0.3) is 0 Å². The topological polar surface area (TPSA) is 91.6 Å². The number of carbonyl (C=O) groups is 1. The molecule has 2 unspecified atom stereocenters. The zero-order valence-corrected chi connectivity index (χ0v) is 12.3. The molecule has 9 heteroatoms. The van der Waals surface area contributed by atoms with Gasteiger partial charge in [0.1, 0.15) is 18.1 Å². The molecule has 2 atom stereocenters. The van der Waals surface area contributed by atoms with E-state index in [9.17, 15) is 24.1 Å². The van der Waals surface area contributed by atoms with Crippen LogP contribution in [0.5, 0.6) is 0 Å². The van der Waals surface area contributed by atoms with Gasteiger partial charge in [-0.2, -0.15) is 18.4 Å². The summed E-state index contributed by atoms with van der Waals surface area (Å²) in [6.07, 6.45) is 3.05. The van der Waals surface area contributed by atoms with E-state index in [0.29, 0.717) is 18.8 Å². The first-order valence-corrected chi connectivity index (χ1v) is 7.78. The highest BCUT2D eigenvalue weighted by molar-refractivity contribution is 7.96. The third-order valence-corrected chi connectivity index (χ3v) is 5.57. The standard InChI is InChI=1S/C13H15F2NO5S/c14-13(15,22-21-20-18)11(17)19-10-8-1-7-2-9(10)5-12(3-7,4-8)6-16/h7-10,18H,1-5H2/p-1. The highest BCUT2D eigenvalue weighted by Crippen LogP contribution is 2.60. The van der Waals surface area contributed by atoms with Crippen LogP contribution in [0, 0.1) is 34.5 Å². The van der Waals surface area contributed by atoms with Crippen molar-refractivity contribution in [2.45, 2.75) is 43.5 Å². The van der Waals surface area contributed by atoms with Crippen LogP contribution < -0.4 is 5.26 Å². The molecule has 0 heterocycles. The monoisotopic (exact) mass is 334 g/mol. The maximum Gasteiger partial charge on any atom is 0.415 e. The Labute approximate surface area is 129 Å². The predicted molar refractivity (Wildman–Crippen MR) is 66.2 cm³/mol. The van der Waals surface area contributed by atoms with E-state index in [1.54, 1.807) is 0 Å². The minimum Gasteiger partial charge on any atom is -0.691 e. The first-order valence-electron chi connectivity index (χ1n) is 7.03. The summed E-state index contributed by atoms with van der Waals surface area (Å²) in [5, 5.41) is 17.8. The number of halogens is 2. The van der Waals surface area contributed by atoms with E-state index in [2.05, 4.69) is 15.4 Å². The molecule has 0 aromatic carbocycles. The van der Waals surface area contributed by atoms with Gasteiger partial charge in [-0.05, 0) is 49.9 Å². The molecule has 4 aliphatic carbocycles. The van der Waals surface area contributed by atoms with Crippen molar-refractivity contribution in [1.82, 2.24) is 0 Å². The fourth-order valence-electron chi connectivity index (χ4n) is 4.59. The van der Waals surface area contributed by atoms with E-state index in [1.165, 1.54) is 0 Å². The first-order chi connectivity index (χ1) is 10.4. The molecular weight excluding hydrogens is 320 g/mol. The second kappa shape index (κ2) is 5.60. The van der Waals surface area contributed by atoms with Crippen LogP contribution in [-0.2, 0) is 18.9 Å². The summed E-state index contributed by atoms with van der Waals surface area (Å²) in [6, 6.07) is 2.38. The molecule has 122 valence electrons. The van der Waals surface area contributed by atoms with Gasteiger partial charge in [0, 0.05) is 0 Å². The number of alkyl halides is 2. The second-order valence-electron chi connectivity index (χ2n) is 6.47. The lowest BCUT2D eigenvalue weighted by molar-refractivity contribution is -0.777. The minimum absolute atomic E-state index is 0.0488. The average molecular weight is 334 g/mol. The fraction of sp³-hybridized carbons (Fsp3) is 0.846. The molecule has 4 fully saturated rings. The lowest BCUT2D eigenvalue weighted by atomic mass is 9.49. The number of nitrogens with zero attached hydrogens (tertiary/aromatic N) is 1. The number of hydrogen-bond acceptors (Lipinski definition) is 7. The van der Waals surface area contributed by atoms with Gasteiger partial charge in [-0.1, -0.05) is 0 Å². The van der Waals surface area contributed by atoms with Crippen LogP contribution in [0.4, 0.5) is 8.78 Å². The Morgan fingerprint density at radius 2 is 1.95 bits per heavy atom. The second-order valence-corrected chi connectivity index (χ2v) is 7.28. The Bertz CT molecular complexity index is 495. The molecule has 0 aromatic heterocycles. The Kier molecular flexibility index (Phi) is 4.05. The van der Waals surface area contributed by atoms with Crippen molar-refractivity contribution in [2.75, 3.05) is 0 Å². The molecule has 4 rings (SSSR count). The average Bonchev–Trinajstić information content (AvgIpc) is 2.48. The van der Waals surface area contributed by atoms with Gasteiger partial charge in [0.2, 0.25) is 0 Å². The van der Waals surface area contributed by atoms with E-state index < -0.39 is 29.4 Å². The Morgan fingerprint density at radius 3 is 2.50 bits per heavy atom. The predicted octanol–water partition coefficient (Wildman–Crippen LogP) is 1.71. The SMILES string of the molecule is N#CC12CC3CC(C1)C(OC(=O)C(F)(F)SOO[O-])C(C3)C2. The summed E-state index contributed by atoms with van der Waals surface area (Å²) in [5.41, 5.74) is -0.379. The van der Waals surface area contributed by atoms with Crippen LogP contribution in [0.2, 0.25) is 0 Å². The number of nitriles is 1. The van der Waals surface area contributed by atoms with Gasteiger partial charge in [0.15, 0.2) is 0 Å². The summed E-state index contributed by atoms with van der Waals surface area (Å²) in [4.78, 5) is 11.6. The molecule has 4 saturated carbocycles. The zero-order chi connectivity index (χ0) is 16.0. The molecule has 0 radical (unpaired) electrons. The van der Waals surface area contributed by atoms with Crippen LogP contribution in [-0.4, -0.2) is 17.3 Å². The maximum atomic E-state index is 13.5. The van der Waals surface area contributed by atoms with E-state index in [-0.39, 0.29) is 17.3 Å². The number of hydrogen-bond donors (Lipinski definition) is 0. The molecule has 6 nitrogen and oxygen atoms in total. The van der Waals surface area contributed by atoms with E-state index in [1.807, 2.05) is 0 Å². The van der Waals surface area contributed by atoms with Crippen molar-refractivity contribution >= 4 is 18.0 Å². The summed E-state index contributed by atoms with van der Waals surface area (Å²) >= 11 is -0.678. The Balaban J connectivity index is 1.67.